The number of hydrogen-bond donors (Lipinski definition) is 1. The Hall–Kier alpha value is -1.95. The first-order chi connectivity index (χ1) is 9.93. The second-order valence-corrected chi connectivity index (χ2v) is 4.58. The summed E-state index contributed by atoms with van der Waals surface area (Å²) in [6.07, 6.45) is -1.63. The number of nitrogens with zero attached hydrogens (tertiary/aromatic N) is 1. The number of rotatable bonds is 4. The maximum Gasteiger partial charge on any atom is 0.416 e. The summed E-state index contributed by atoms with van der Waals surface area (Å²) in [7, 11) is 1.55. The number of pyridine rings is 1. The van der Waals surface area contributed by atoms with E-state index in [2.05, 4.69) is 10.3 Å². The molecule has 1 N–H and O–H groups in total. The smallest absolute Gasteiger partial charge is 0.416 e. The zero-order valence-electron chi connectivity index (χ0n) is 11.0. The van der Waals surface area contributed by atoms with E-state index in [4.69, 9.17) is 16.3 Å². The molecule has 1 aromatic heterocycles. The van der Waals surface area contributed by atoms with E-state index in [0.717, 1.165) is 6.07 Å². The van der Waals surface area contributed by atoms with Crippen LogP contribution in [0.5, 0.6) is 5.75 Å². The zero-order valence-corrected chi connectivity index (χ0v) is 11.8. The Morgan fingerprint density at radius 1 is 1.29 bits per heavy atom. The van der Waals surface area contributed by atoms with E-state index in [1.165, 1.54) is 24.5 Å². The largest absolute Gasteiger partial charge is 0.486 e. The lowest BCUT2D eigenvalue weighted by atomic mass is 10.1. The van der Waals surface area contributed by atoms with Crippen molar-refractivity contribution in [2.24, 2.45) is 0 Å². The number of ether oxygens (including phenoxy) is 1. The molecule has 1 heterocycles. The van der Waals surface area contributed by atoms with Gasteiger partial charge >= 0.3 is 6.18 Å². The highest BCUT2D eigenvalue weighted by Crippen LogP contribution is 2.36. The molecule has 0 bridgehead atoms. The van der Waals surface area contributed by atoms with Crippen LogP contribution >= 0.6 is 11.6 Å². The van der Waals surface area contributed by atoms with Crippen molar-refractivity contribution >= 4 is 17.3 Å². The Morgan fingerprint density at radius 3 is 2.67 bits per heavy atom. The standard InChI is InChI=1S/C14H12ClF3N2O/c1-19-12-4-2-3-10(14(16,17)18)9(12)8-21-13-7-20-6-5-11(13)15/h2-7,19H,8H2,1H3. The van der Waals surface area contributed by atoms with E-state index in [0.29, 0.717) is 10.7 Å². The summed E-state index contributed by atoms with van der Waals surface area (Å²) < 4.78 is 44.5. The van der Waals surface area contributed by atoms with E-state index in [9.17, 15) is 13.2 Å². The van der Waals surface area contributed by atoms with Gasteiger partial charge in [0, 0.05) is 24.5 Å². The van der Waals surface area contributed by atoms with Crippen molar-refractivity contribution in [3.63, 3.8) is 0 Å². The molecular formula is C14H12ClF3N2O. The molecule has 0 aliphatic heterocycles. The summed E-state index contributed by atoms with van der Waals surface area (Å²) in [5.41, 5.74) is -0.369. The van der Waals surface area contributed by atoms with Crippen molar-refractivity contribution in [1.82, 2.24) is 4.98 Å². The van der Waals surface area contributed by atoms with Crippen LogP contribution in [0.25, 0.3) is 0 Å². The van der Waals surface area contributed by atoms with Gasteiger partial charge in [-0.2, -0.15) is 13.2 Å². The number of nitrogens with one attached hydrogen (secondary N) is 1. The summed E-state index contributed by atoms with van der Waals surface area (Å²) in [6, 6.07) is 5.42. The minimum Gasteiger partial charge on any atom is -0.486 e. The molecule has 0 radical (unpaired) electrons. The lowest BCUT2D eigenvalue weighted by Gasteiger charge is -2.17. The van der Waals surface area contributed by atoms with Gasteiger partial charge in [0.25, 0.3) is 0 Å². The first-order valence-corrected chi connectivity index (χ1v) is 6.40. The van der Waals surface area contributed by atoms with Gasteiger partial charge in [0.05, 0.1) is 16.8 Å². The molecule has 21 heavy (non-hydrogen) atoms. The molecule has 7 heteroatoms. The first kappa shape index (κ1) is 15.4. The van der Waals surface area contributed by atoms with Gasteiger partial charge in [-0.25, -0.2) is 0 Å². The van der Waals surface area contributed by atoms with Crippen molar-refractivity contribution in [3.05, 3.63) is 52.8 Å². The maximum absolute atomic E-state index is 13.0. The third kappa shape index (κ3) is 3.58. The van der Waals surface area contributed by atoms with Gasteiger partial charge in [-0.05, 0) is 18.2 Å². The SMILES string of the molecule is CNc1cccc(C(F)(F)F)c1COc1cnccc1Cl. The van der Waals surface area contributed by atoms with Gasteiger partial charge in [0.15, 0.2) is 5.75 Å². The van der Waals surface area contributed by atoms with Crippen LogP contribution in [0.3, 0.4) is 0 Å². The van der Waals surface area contributed by atoms with Crippen molar-refractivity contribution in [1.29, 1.82) is 0 Å². The lowest BCUT2D eigenvalue weighted by Crippen LogP contribution is -2.13. The molecule has 3 nitrogen and oxygen atoms in total. The van der Waals surface area contributed by atoms with E-state index in [1.54, 1.807) is 13.1 Å². The predicted molar refractivity (Wildman–Crippen MR) is 74.6 cm³/mol. The Kier molecular flexibility index (Phi) is 4.57. The Bertz CT molecular complexity index is 632. The highest BCUT2D eigenvalue weighted by atomic mass is 35.5. The van der Waals surface area contributed by atoms with Crippen LogP contribution in [-0.4, -0.2) is 12.0 Å². The summed E-state index contributed by atoms with van der Waals surface area (Å²) in [5, 5.41) is 3.02. The molecule has 0 spiro atoms. The van der Waals surface area contributed by atoms with Gasteiger partial charge in [0.1, 0.15) is 6.61 Å². The third-order valence-electron chi connectivity index (χ3n) is 2.86. The minimum absolute atomic E-state index is 0.0208. The van der Waals surface area contributed by atoms with E-state index in [-0.39, 0.29) is 17.9 Å². The van der Waals surface area contributed by atoms with Gasteiger partial charge < -0.3 is 10.1 Å². The first-order valence-electron chi connectivity index (χ1n) is 6.02. The molecule has 0 fully saturated rings. The number of alkyl halides is 3. The molecule has 0 saturated heterocycles. The molecule has 0 aliphatic rings. The van der Waals surface area contributed by atoms with Gasteiger partial charge in [-0.15, -0.1) is 0 Å². The molecular weight excluding hydrogens is 305 g/mol. The van der Waals surface area contributed by atoms with Crippen LogP contribution in [0, 0.1) is 0 Å². The van der Waals surface area contributed by atoms with Gasteiger partial charge in [0.2, 0.25) is 0 Å². The van der Waals surface area contributed by atoms with Crippen molar-refractivity contribution < 1.29 is 17.9 Å². The monoisotopic (exact) mass is 316 g/mol. The van der Waals surface area contributed by atoms with Crippen LogP contribution in [-0.2, 0) is 12.8 Å². The summed E-state index contributed by atoms with van der Waals surface area (Å²) in [6.45, 7) is -0.267. The Balaban J connectivity index is 2.32. The maximum atomic E-state index is 13.0. The van der Waals surface area contributed by atoms with Crippen molar-refractivity contribution in [2.45, 2.75) is 12.8 Å². The molecule has 0 saturated carbocycles. The molecule has 0 atom stereocenters. The van der Waals surface area contributed by atoms with Crippen LogP contribution in [0.1, 0.15) is 11.1 Å². The molecule has 0 amide bonds. The average Bonchev–Trinajstić information content (AvgIpc) is 2.45. The minimum atomic E-state index is -4.45. The number of halogens is 4. The van der Waals surface area contributed by atoms with Crippen LogP contribution in [0.15, 0.2) is 36.7 Å². The number of anilines is 1. The quantitative estimate of drug-likeness (QED) is 0.909. The summed E-state index contributed by atoms with van der Waals surface area (Å²) in [4.78, 5) is 3.82. The fraction of sp³-hybridized carbons (Fsp3) is 0.214. The fourth-order valence-corrected chi connectivity index (χ4v) is 2.02. The molecule has 2 rings (SSSR count). The molecule has 112 valence electrons. The lowest BCUT2D eigenvalue weighted by molar-refractivity contribution is -0.138. The zero-order chi connectivity index (χ0) is 15.5. The van der Waals surface area contributed by atoms with E-state index >= 15 is 0 Å². The highest BCUT2D eigenvalue weighted by molar-refractivity contribution is 6.31. The molecule has 0 unspecified atom stereocenters. The summed E-state index contributed by atoms with van der Waals surface area (Å²) in [5.74, 6) is 0.234. The second-order valence-electron chi connectivity index (χ2n) is 4.17. The van der Waals surface area contributed by atoms with Gasteiger partial charge in [-0.3, -0.25) is 4.98 Å². The van der Waals surface area contributed by atoms with Crippen LogP contribution in [0.2, 0.25) is 5.02 Å². The number of benzene rings is 1. The van der Waals surface area contributed by atoms with Crippen LogP contribution in [0.4, 0.5) is 18.9 Å². The molecule has 2 aromatic rings. The predicted octanol–water partition coefficient (Wildman–Crippen LogP) is 4.37. The van der Waals surface area contributed by atoms with Crippen molar-refractivity contribution in [2.75, 3.05) is 12.4 Å². The topological polar surface area (TPSA) is 34.1 Å². The summed E-state index contributed by atoms with van der Waals surface area (Å²) >= 11 is 5.89. The normalized spacial score (nSPS) is 11.3. The van der Waals surface area contributed by atoms with Crippen LogP contribution < -0.4 is 10.1 Å². The highest BCUT2D eigenvalue weighted by Gasteiger charge is 2.34. The van der Waals surface area contributed by atoms with Gasteiger partial charge in [-0.1, -0.05) is 17.7 Å². The van der Waals surface area contributed by atoms with E-state index in [1.807, 2.05) is 0 Å². The Labute approximate surface area is 124 Å². The average molecular weight is 317 g/mol. The number of aromatic nitrogens is 1. The molecule has 0 aliphatic carbocycles. The number of hydrogen-bond acceptors (Lipinski definition) is 3. The van der Waals surface area contributed by atoms with Crippen molar-refractivity contribution in [3.8, 4) is 5.75 Å². The molecule has 1 aromatic carbocycles. The Morgan fingerprint density at radius 2 is 2.05 bits per heavy atom. The fourth-order valence-electron chi connectivity index (χ4n) is 1.86. The second kappa shape index (κ2) is 6.22. The third-order valence-corrected chi connectivity index (χ3v) is 3.17. The van der Waals surface area contributed by atoms with E-state index < -0.39 is 11.7 Å².